The van der Waals surface area contributed by atoms with Crippen molar-refractivity contribution in [1.29, 1.82) is 0 Å². The minimum absolute atomic E-state index is 0.108. The van der Waals surface area contributed by atoms with Gasteiger partial charge in [0.1, 0.15) is 11.6 Å². The van der Waals surface area contributed by atoms with Crippen molar-refractivity contribution in [3.63, 3.8) is 0 Å². The van der Waals surface area contributed by atoms with E-state index in [1.807, 2.05) is 0 Å². The van der Waals surface area contributed by atoms with Crippen molar-refractivity contribution in [3.05, 3.63) is 53.3 Å². The van der Waals surface area contributed by atoms with Crippen molar-refractivity contribution in [2.75, 3.05) is 21.9 Å². The van der Waals surface area contributed by atoms with Crippen LogP contribution in [0, 0.1) is 5.82 Å². The average Bonchev–Trinajstić information content (AvgIpc) is 2.63. The Bertz CT molecular complexity index is 952. The van der Waals surface area contributed by atoms with Gasteiger partial charge in [0.25, 0.3) is 5.91 Å². The van der Waals surface area contributed by atoms with Gasteiger partial charge >= 0.3 is 0 Å². The van der Waals surface area contributed by atoms with E-state index >= 15 is 0 Å². The molecule has 1 amide bonds. The van der Waals surface area contributed by atoms with Crippen LogP contribution in [0.3, 0.4) is 0 Å². The quantitative estimate of drug-likeness (QED) is 0.858. The lowest BCUT2D eigenvalue weighted by atomic mass is 10.2. The normalized spacial score (nSPS) is 16.6. The molecule has 0 aliphatic carbocycles. The molecule has 0 fully saturated rings. The number of fused-ring (bicyclic) bond motifs is 1. The Labute approximate surface area is 155 Å². The first-order valence-corrected chi connectivity index (χ1v) is 9.82. The zero-order valence-corrected chi connectivity index (χ0v) is 15.3. The number of rotatable bonds is 4. The molecule has 26 heavy (non-hydrogen) atoms. The fraction of sp³-hybridized carbons (Fsp3) is 0.235. The molecule has 6 nitrogen and oxygen atoms in total. The lowest BCUT2D eigenvalue weighted by molar-refractivity contribution is -0.122. The van der Waals surface area contributed by atoms with Gasteiger partial charge in [0.2, 0.25) is 10.0 Å². The highest BCUT2D eigenvalue weighted by Crippen LogP contribution is 2.35. The summed E-state index contributed by atoms with van der Waals surface area (Å²) in [6, 6.07) is 10.4. The first-order valence-electron chi connectivity index (χ1n) is 7.84. The third-order valence-electron chi connectivity index (χ3n) is 3.91. The second-order valence-electron chi connectivity index (χ2n) is 5.62. The molecule has 1 atom stereocenters. The summed E-state index contributed by atoms with van der Waals surface area (Å²) in [5, 5.41) is 2.43. The molecule has 2 aromatic rings. The number of sulfonamides is 1. The van der Waals surface area contributed by atoms with Crippen LogP contribution in [0.25, 0.3) is 0 Å². The van der Waals surface area contributed by atoms with Crippen molar-refractivity contribution in [1.82, 2.24) is 0 Å². The Morgan fingerprint density at radius 2 is 2.08 bits per heavy atom. The summed E-state index contributed by atoms with van der Waals surface area (Å²) in [5.74, 6) is -0.970. The smallest absolute Gasteiger partial charge is 0.267 e. The fourth-order valence-electron chi connectivity index (χ4n) is 2.55. The number of para-hydroxylation sites is 2. The van der Waals surface area contributed by atoms with Crippen LogP contribution >= 0.6 is 11.6 Å². The number of nitrogens with one attached hydrogen (secondary N) is 1. The predicted octanol–water partition coefficient (Wildman–Crippen LogP) is 3.03. The van der Waals surface area contributed by atoms with Crippen LogP contribution in [0.4, 0.5) is 15.8 Å². The van der Waals surface area contributed by atoms with Gasteiger partial charge in [0.15, 0.2) is 6.10 Å². The third kappa shape index (κ3) is 3.61. The average molecular weight is 399 g/mol. The van der Waals surface area contributed by atoms with Crippen LogP contribution in [0.5, 0.6) is 5.75 Å². The summed E-state index contributed by atoms with van der Waals surface area (Å²) < 4.78 is 44.9. The first-order chi connectivity index (χ1) is 12.3. The number of carbonyl (C=O) groups is 1. The molecule has 3 rings (SSSR count). The van der Waals surface area contributed by atoms with Gasteiger partial charge < -0.3 is 10.1 Å². The first kappa shape index (κ1) is 18.5. The number of benzene rings is 2. The van der Waals surface area contributed by atoms with Gasteiger partial charge in [-0.15, -0.1) is 0 Å². The summed E-state index contributed by atoms with van der Waals surface area (Å²) in [7, 11) is -3.58. The Balaban J connectivity index is 1.87. The maximum Gasteiger partial charge on any atom is 0.267 e. The van der Waals surface area contributed by atoms with Crippen molar-refractivity contribution < 1.29 is 22.3 Å². The van der Waals surface area contributed by atoms with Crippen molar-refractivity contribution in [2.24, 2.45) is 0 Å². The maximum absolute atomic E-state index is 13.2. The van der Waals surface area contributed by atoms with Gasteiger partial charge in [0, 0.05) is 5.69 Å². The third-order valence-corrected chi connectivity index (χ3v) is 5.95. The number of ether oxygens (including phenoxy) is 1. The molecule has 1 unspecified atom stereocenters. The molecule has 0 spiro atoms. The zero-order chi connectivity index (χ0) is 18.9. The Kier molecular flexibility index (Phi) is 5.06. The number of hydrogen-bond acceptors (Lipinski definition) is 4. The number of amides is 1. The molecule has 0 saturated carbocycles. The van der Waals surface area contributed by atoms with Gasteiger partial charge in [-0.3, -0.25) is 9.10 Å². The van der Waals surface area contributed by atoms with Crippen LogP contribution in [0.1, 0.15) is 6.92 Å². The van der Waals surface area contributed by atoms with E-state index in [-0.39, 0.29) is 23.0 Å². The highest BCUT2D eigenvalue weighted by Gasteiger charge is 2.35. The van der Waals surface area contributed by atoms with Gasteiger partial charge in [-0.25, -0.2) is 12.8 Å². The molecule has 0 aromatic heterocycles. The van der Waals surface area contributed by atoms with Crippen LogP contribution in [0.15, 0.2) is 42.5 Å². The monoisotopic (exact) mass is 398 g/mol. The molecular weight excluding hydrogens is 383 g/mol. The Morgan fingerprint density at radius 3 is 2.77 bits per heavy atom. The van der Waals surface area contributed by atoms with Gasteiger partial charge in [-0.05, 0) is 37.3 Å². The predicted molar refractivity (Wildman–Crippen MR) is 97.7 cm³/mol. The van der Waals surface area contributed by atoms with E-state index in [0.717, 1.165) is 6.07 Å². The summed E-state index contributed by atoms with van der Waals surface area (Å²) in [4.78, 5) is 12.5. The molecule has 1 aliphatic rings. The minimum atomic E-state index is -3.58. The molecule has 0 bridgehead atoms. The second kappa shape index (κ2) is 7.13. The summed E-state index contributed by atoms with van der Waals surface area (Å²) in [6.07, 6.45) is -1.06. The molecule has 138 valence electrons. The number of nitrogens with zero attached hydrogens (tertiary/aromatic N) is 1. The molecule has 0 radical (unpaired) electrons. The molecule has 9 heteroatoms. The number of anilines is 2. The number of carbonyl (C=O) groups excluding carboxylic acids is 1. The molecule has 0 saturated heterocycles. The van der Waals surface area contributed by atoms with E-state index in [1.54, 1.807) is 24.3 Å². The second-order valence-corrected chi connectivity index (χ2v) is 8.21. The standard InChI is InChI=1S/C17H16ClFN2O4S/c1-2-26(23,24)21-10-16(25-15-6-4-3-5-14(15)21)17(22)20-11-7-8-13(19)12(18)9-11/h3-9,16H,2,10H2,1H3,(H,20,22). The van der Waals surface area contributed by atoms with Gasteiger partial charge in [0.05, 0.1) is 23.0 Å². The fourth-order valence-corrected chi connectivity index (χ4v) is 3.86. The largest absolute Gasteiger partial charge is 0.476 e. The SMILES string of the molecule is CCS(=O)(=O)N1CC(C(=O)Nc2ccc(F)c(Cl)c2)Oc2ccccc21. The van der Waals surface area contributed by atoms with Gasteiger partial charge in [-0.1, -0.05) is 23.7 Å². The lowest BCUT2D eigenvalue weighted by Crippen LogP contribution is -2.49. The number of hydrogen-bond donors (Lipinski definition) is 1. The van der Waals surface area contributed by atoms with Crippen molar-refractivity contribution >= 4 is 38.9 Å². The number of halogens is 2. The van der Waals surface area contributed by atoms with Crippen molar-refractivity contribution in [3.8, 4) is 5.75 Å². The molecule has 1 aliphatic heterocycles. The van der Waals surface area contributed by atoms with E-state index < -0.39 is 27.9 Å². The van der Waals surface area contributed by atoms with E-state index in [2.05, 4.69) is 5.32 Å². The molecule has 2 aromatic carbocycles. The molecular formula is C17H16ClFN2O4S. The lowest BCUT2D eigenvalue weighted by Gasteiger charge is -2.34. The topological polar surface area (TPSA) is 75.7 Å². The molecule has 1 N–H and O–H groups in total. The Morgan fingerprint density at radius 1 is 1.35 bits per heavy atom. The summed E-state index contributed by atoms with van der Waals surface area (Å²) in [5.41, 5.74) is 0.678. The van der Waals surface area contributed by atoms with Gasteiger partial charge in [-0.2, -0.15) is 0 Å². The van der Waals surface area contributed by atoms with E-state index in [0.29, 0.717) is 11.4 Å². The van der Waals surface area contributed by atoms with E-state index in [9.17, 15) is 17.6 Å². The minimum Gasteiger partial charge on any atom is -0.476 e. The van der Waals surface area contributed by atoms with Crippen molar-refractivity contribution in [2.45, 2.75) is 13.0 Å². The highest BCUT2D eigenvalue weighted by atomic mass is 35.5. The summed E-state index contributed by atoms with van der Waals surface area (Å²) in [6.45, 7) is 1.37. The highest BCUT2D eigenvalue weighted by molar-refractivity contribution is 7.92. The van der Waals surface area contributed by atoms with Crippen LogP contribution in [-0.4, -0.2) is 32.7 Å². The Hall–Kier alpha value is -2.32. The van der Waals surface area contributed by atoms with E-state index in [4.69, 9.17) is 16.3 Å². The van der Waals surface area contributed by atoms with E-state index in [1.165, 1.54) is 23.4 Å². The van der Waals surface area contributed by atoms with Crippen LogP contribution in [-0.2, 0) is 14.8 Å². The van der Waals surface area contributed by atoms with Crippen LogP contribution in [0.2, 0.25) is 5.02 Å². The maximum atomic E-state index is 13.2. The van der Waals surface area contributed by atoms with Crippen LogP contribution < -0.4 is 14.4 Å². The molecule has 1 heterocycles. The summed E-state index contributed by atoms with van der Waals surface area (Å²) >= 11 is 5.71. The zero-order valence-electron chi connectivity index (χ0n) is 13.8.